The second-order valence-electron chi connectivity index (χ2n) is 6.75. The number of aliphatic carboxylic acids is 1. The quantitative estimate of drug-likeness (QED) is 0.736. The van der Waals surface area contributed by atoms with Gasteiger partial charge in [-0.05, 0) is 37.0 Å². The normalized spacial score (nSPS) is 18.3. The molecule has 148 valence electrons. The summed E-state index contributed by atoms with van der Waals surface area (Å²) in [5.74, 6) is -1.53. The van der Waals surface area contributed by atoms with E-state index in [9.17, 15) is 18.0 Å². The zero-order valence-corrected chi connectivity index (χ0v) is 16.1. The number of hydrogen-bond donors (Lipinski definition) is 1. The van der Waals surface area contributed by atoms with E-state index in [0.717, 1.165) is 12.8 Å². The summed E-state index contributed by atoms with van der Waals surface area (Å²) in [6.07, 6.45) is 2.05. The summed E-state index contributed by atoms with van der Waals surface area (Å²) < 4.78 is 32.8. The maximum atomic E-state index is 13.1. The lowest BCUT2D eigenvalue weighted by Crippen LogP contribution is -2.41. The van der Waals surface area contributed by atoms with Crippen molar-refractivity contribution in [3.8, 4) is 0 Å². The number of carboxylic acid groups (broad SMARTS) is 1. The molecule has 0 radical (unpaired) electrons. The van der Waals surface area contributed by atoms with Crippen molar-refractivity contribution < 1.29 is 27.9 Å². The van der Waals surface area contributed by atoms with E-state index in [-0.39, 0.29) is 36.1 Å². The molecule has 0 aromatic heterocycles. The van der Waals surface area contributed by atoms with Gasteiger partial charge >= 0.3 is 5.97 Å². The molecular weight excluding hydrogens is 372 g/mol. The Morgan fingerprint density at radius 2 is 1.93 bits per heavy atom. The number of amides is 1. The van der Waals surface area contributed by atoms with Crippen molar-refractivity contribution in [2.45, 2.75) is 37.1 Å². The molecule has 1 saturated heterocycles. The lowest BCUT2D eigenvalue weighted by Gasteiger charge is -2.27. The molecule has 1 aliphatic carbocycles. The third-order valence-electron chi connectivity index (χ3n) is 4.84. The summed E-state index contributed by atoms with van der Waals surface area (Å²) in [5.41, 5.74) is 0.835. The van der Waals surface area contributed by atoms with Crippen molar-refractivity contribution in [2.24, 2.45) is 0 Å². The summed E-state index contributed by atoms with van der Waals surface area (Å²) in [5, 5.41) is 9.08. The molecule has 1 heterocycles. The third kappa shape index (κ3) is 4.31. The fourth-order valence-corrected chi connectivity index (χ4v) is 4.94. The van der Waals surface area contributed by atoms with Crippen LogP contribution in [0.25, 0.3) is 0 Å². The van der Waals surface area contributed by atoms with E-state index in [4.69, 9.17) is 9.84 Å². The van der Waals surface area contributed by atoms with E-state index in [2.05, 4.69) is 0 Å². The maximum Gasteiger partial charge on any atom is 0.323 e. The molecule has 1 amide bonds. The molecule has 3 rings (SSSR count). The minimum Gasteiger partial charge on any atom is -0.480 e. The van der Waals surface area contributed by atoms with Crippen molar-refractivity contribution >= 4 is 21.9 Å². The van der Waals surface area contributed by atoms with Gasteiger partial charge in [-0.1, -0.05) is 13.0 Å². The van der Waals surface area contributed by atoms with Crippen LogP contribution in [0.5, 0.6) is 0 Å². The molecule has 0 spiro atoms. The van der Waals surface area contributed by atoms with E-state index in [1.807, 2.05) is 6.92 Å². The molecule has 0 unspecified atom stereocenters. The standard InChI is InChI=1S/C18H24N2O6S/c1-2-13-3-4-14(18(23)20(12-17(21)22)15-5-6-15)11-16(13)27(24,25)19-7-9-26-10-8-19/h3-4,11,15H,2,5-10,12H2,1H3,(H,21,22). The highest BCUT2D eigenvalue weighted by molar-refractivity contribution is 7.89. The second kappa shape index (κ2) is 7.95. The lowest BCUT2D eigenvalue weighted by molar-refractivity contribution is -0.137. The van der Waals surface area contributed by atoms with Gasteiger partial charge in [0, 0.05) is 24.7 Å². The topological polar surface area (TPSA) is 104 Å². The molecule has 2 aliphatic rings. The molecule has 9 heteroatoms. The number of benzene rings is 1. The number of carbonyl (C=O) groups excluding carboxylic acids is 1. The monoisotopic (exact) mass is 396 g/mol. The van der Waals surface area contributed by atoms with Gasteiger partial charge in [0.05, 0.1) is 18.1 Å². The molecular formula is C18H24N2O6S. The van der Waals surface area contributed by atoms with Crippen molar-refractivity contribution in [3.63, 3.8) is 0 Å². The van der Waals surface area contributed by atoms with Crippen molar-refractivity contribution in [1.29, 1.82) is 0 Å². The van der Waals surface area contributed by atoms with Gasteiger partial charge in [0.15, 0.2) is 0 Å². The largest absolute Gasteiger partial charge is 0.480 e. The van der Waals surface area contributed by atoms with Crippen LogP contribution in [0.4, 0.5) is 0 Å². The van der Waals surface area contributed by atoms with Crippen LogP contribution in [0.3, 0.4) is 0 Å². The number of sulfonamides is 1. The Morgan fingerprint density at radius 3 is 2.48 bits per heavy atom. The van der Waals surface area contributed by atoms with E-state index >= 15 is 0 Å². The third-order valence-corrected chi connectivity index (χ3v) is 6.82. The Bertz CT molecular complexity index is 828. The van der Waals surface area contributed by atoms with Crippen LogP contribution in [0.15, 0.2) is 23.1 Å². The average Bonchev–Trinajstić information content (AvgIpc) is 3.50. The smallest absolute Gasteiger partial charge is 0.323 e. The van der Waals surface area contributed by atoms with Crippen LogP contribution >= 0.6 is 0 Å². The van der Waals surface area contributed by atoms with Crippen molar-refractivity contribution in [2.75, 3.05) is 32.8 Å². The predicted molar refractivity (Wildman–Crippen MR) is 97.1 cm³/mol. The number of rotatable bonds is 7. The lowest BCUT2D eigenvalue weighted by atomic mass is 10.1. The maximum absolute atomic E-state index is 13.1. The summed E-state index contributed by atoms with van der Waals surface area (Å²) >= 11 is 0. The number of morpholine rings is 1. The Labute approximate surface area is 158 Å². The minimum atomic E-state index is -3.75. The summed E-state index contributed by atoms with van der Waals surface area (Å²) in [6, 6.07) is 4.53. The first-order valence-electron chi connectivity index (χ1n) is 9.08. The number of hydrogen-bond acceptors (Lipinski definition) is 5. The van der Waals surface area contributed by atoms with Crippen LogP contribution in [0.1, 0.15) is 35.7 Å². The van der Waals surface area contributed by atoms with Crippen molar-refractivity contribution in [3.05, 3.63) is 29.3 Å². The van der Waals surface area contributed by atoms with Crippen LogP contribution in [0, 0.1) is 0 Å². The molecule has 8 nitrogen and oxygen atoms in total. The number of carbonyl (C=O) groups is 2. The van der Waals surface area contributed by atoms with Gasteiger partial charge in [-0.15, -0.1) is 0 Å². The molecule has 27 heavy (non-hydrogen) atoms. The SMILES string of the molecule is CCc1ccc(C(=O)N(CC(=O)O)C2CC2)cc1S(=O)(=O)N1CCOCC1. The number of ether oxygens (including phenoxy) is 1. The summed E-state index contributed by atoms with van der Waals surface area (Å²) in [4.78, 5) is 25.4. The fraction of sp³-hybridized carbons (Fsp3) is 0.556. The highest BCUT2D eigenvalue weighted by atomic mass is 32.2. The van der Waals surface area contributed by atoms with Gasteiger partial charge < -0.3 is 14.7 Å². The number of aryl methyl sites for hydroxylation is 1. The molecule has 2 fully saturated rings. The number of carboxylic acids is 1. The average molecular weight is 396 g/mol. The summed E-state index contributed by atoms with van der Waals surface area (Å²) in [7, 11) is -3.75. The molecule has 0 bridgehead atoms. The Balaban J connectivity index is 1.95. The van der Waals surface area contributed by atoms with Crippen LogP contribution < -0.4 is 0 Å². The Kier molecular flexibility index (Phi) is 5.83. The zero-order chi connectivity index (χ0) is 19.6. The van der Waals surface area contributed by atoms with E-state index in [1.54, 1.807) is 12.1 Å². The van der Waals surface area contributed by atoms with Gasteiger partial charge in [0.1, 0.15) is 6.54 Å². The molecule has 1 aromatic rings. The first kappa shape index (κ1) is 19.8. The van der Waals surface area contributed by atoms with E-state index in [0.29, 0.717) is 25.2 Å². The van der Waals surface area contributed by atoms with Crippen LogP contribution in [-0.2, 0) is 26.0 Å². The Morgan fingerprint density at radius 1 is 1.26 bits per heavy atom. The molecule has 1 aromatic carbocycles. The minimum absolute atomic E-state index is 0.0845. The van der Waals surface area contributed by atoms with E-state index < -0.39 is 21.9 Å². The van der Waals surface area contributed by atoms with Crippen LogP contribution in [-0.4, -0.2) is 73.5 Å². The molecule has 1 saturated carbocycles. The van der Waals surface area contributed by atoms with E-state index in [1.165, 1.54) is 15.3 Å². The van der Waals surface area contributed by atoms with Gasteiger partial charge in [-0.25, -0.2) is 8.42 Å². The highest BCUT2D eigenvalue weighted by Crippen LogP contribution is 2.29. The molecule has 1 aliphatic heterocycles. The predicted octanol–water partition coefficient (Wildman–Crippen LogP) is 0.959. The molecule has 1 N–H and O–H groups in total. The number of nitrogens with zero attached hydrogens (tertiary/aromatic N) is 2. The van der Waals surface area contributed by atoms with Gasteiger partial charge in [0.2, 0.25) is 10.0 Å². The summed E-state index contributed by atoms with van der Waals surface area (Å²) in [6.45, 7) is 2.70. The molecule has 0 atom stereocenters. The van der Waals surface area contributed by atoms with Gasteiger partial charge in [-0.2, -0.15) is 4.31 Å². The van der Waals surface area contributed by atoms with Crippen LogP contribution in [0.2, 0.25) is 0 Å². The van der Waals surface area contributed by atoms with Gasteiger partial charge in [-0.3, -0.25) is 9.59 Å². The van der Waals surface area contributed by atoms with Crippen molar-refractivity contribution in [1.82, 2.24) is 9.21 Å². The fourth-order valence-electron chi connectivity index (χ4n) is 3.21. The first-order valence-corrected chi connectivity index (χ1v) is 10.5. The van der Waals surface area contributed by atoms with Gasteiger partial charge in [0.25, 0.3) is 5.91 Å². The highest BCUT2D eigenvalue weighted by Gasteiger charge is 2.35. The Hall–Kier alpha value is -1.97. The zero-order valence-electron chi connectivity index (χ0n) is 15.3. The first-order chi connectivity index (χ1) is 12.8. The second-order valence-corrected chi connectivity index (χ2v) is 8.66.